The van der Waals surface area contributed by atoms with Gasteiger partial charge in [0.1, 0.15) is 0 Å². The van der Waals surface area contributed by atoms with Crippen LogP contribution in [0, 0.1) is 5.92 Å². The highest BCUT2D eigenvalue weighted by atomic mass is 16.3. The molecule has 0 saturated carbocycles. The van der Waals surface area contributed by atoms with Crippen LogP contribution >= 0.6 is 0 Å². The number of hydrogen-bond acceptors (Lipinski definition) is 3. The molecule has 1 aliphatic rings. The number of piperidine rings is 1. The number of aromatic nitrogens is 1. The Kier molecular flexibility index (Phi) is 3.19. The van der Waals surface area contributed by atoms with E-state index < -0.39 is 6.10 Å². The molecule has 0 bridgehead atoms. The summed E-state index contributed by atoms with van der Waals surface area (Å²) < 4.78 is 0. The molecule has 1 aromatic rings. The number of nitrogens with zero attached hydrogens (tertiary/aromatic N) is 2. The summed E-state index contributed by atoms with van der Waals surface area (Å²) in [5.41, 5.74) is 0.636. The maximum absolute atomic E-state index is 12.0. The number of likely N-dealkylation sites (tertiary alicyclic amines) is 1. The molecule has 16 heavy (non-hydrogen) atoms. The van der Waals surface area contributed by atoms with E-state index in [0.29, 0.717) is 12.1 Å². The average Bonchev–Trinajstić information content (AvgIpc) is 2.33. The maximum Gasteiger partial charge on any atom is 0.254 e. The summed E-state index contributed by atoms with van der Waals surface area (Å²) in [6, 6.07) is 3.40. The SMILES string of the molecule is CC1CCN(C(=O)c2ccncc2)CC1O. The minimum atomic E-state index is -0.403. The molecule has 1 aromatic heterocycles. The van der Waals surface area contributed by atoms with E-state index >= 15 is 0 Å². The van der Waals surface area contributed by atoms with Gasteiger partial charge in [0.2, 0.25) is 0 Å². The molecule has 0 aliphatic carbocycles. The molecule has 4 nitrogen and oxygen atoms in total. The van der Waals surface area contributed by atoms with Crippen LogP contribution < -0.4 is 0 Å². The third-order valence-corrected chi connectivity index (χ3v) is 3.13. The second-order valence-corrected chi connectivity index (χ2v) is 4.32. The Hall–Kier alpha value is -1.42. The molecule has 2 unspecified atom stereocenters. The van der Waals surface area contributed by atoms with Gasteiger partial charge in [0.25, 0.3) is 5.91 Å². The summed E-state index contributed by atoms with van der Waals surface area (Å²) >= 11 is 0. The lowest BCUT2D eigenvalue weighted by Gasteiger charge is -2.34. The van der Waals surface area contributed by atoms with Gasteiger partial charge >= 0.3 is 0 Å². The van der Waals surface area contributed by atoms with Crippen molar-refractivity contribution in [3.8, 4) is 0 Å². The molecule has 0 radical (unpaired) electrons. The van der Waals surface area contributed by atoms with Crippen LogP contribution in [0.15, 0.2) is 24.5 Å². The molecule has 1 amide bonds. The summed E-state index contributed by atoms with van der Waals surface area (Å²) in [6.07, 6.45) is 3.67. The Morgan fingerprint density at radius 2 is 2.19 bits per heavy atom. The van der Waals surface area contributed by atoms with Crippen LogP contribution in [0.25, 0.3) is 0 Å². The summed E-state index contributed by atoms with van der Waals surface area (Å²) in [4.78, 5) is 17.6. The van der Waals surface area contributed by atoms with Gasteiger partial charge in [-0.2, -0.15) is 0 Å². The molecule has 1 N–H and O–H groups in total. The van der Waals surface area contributed by atoms with Gasteiger partial charge in [-0.1, -0.05) is 6.92 Å². The molecule has 2 rings (SSSR count). The Morgan fingerprint density at radius 3 is 2.81 bits per heavy atom. The fourth-order valence-corrected chi connectivity index (χ4v) is 1.91. The Morgan fingerprint density at radius 1 is 1.50 bits per heavy atom. The van der Waals surface area contributed by atoms with E-state index in [0.717, 1.165) is 13.0 Å². The Labute approximate surface area is 94.9 Å². The largest absolute Gasteiger partial charge is 0.391 e. The van der Waals surface area contributed by atoms with Crippen LogP contribution in [0.3, 0.4) is 0 Å². The molecule has 4 heteroatoms. The number of carbonyl (C=O) groups excluding carboxylic acids is 1. The third kappa shape index (κ3) is 2.22. The van der Waals surface area contributed by atoms with Crippen molar-refractivity contribution in [2.75, 3.05) is 13.1 Å². The molecule has 1 fully saturated rings. The molecule has 86 valence electrons. The van der Waals surface area contributed by atoms with Gasteiger partial charge in [-0.15, -0.1) is 0 Å². The third-order valence-electron chi connectivity index (χ3n) is 3.13. The smallest absolute Gasteiger partial charge is 0.254 e. The lowest BCUT2D eigenvalue weighted by molar-refractivity contribution is 0.0248. The first-order chi connectivity index (χ1) is 7.68. The van der Waals surface area contributed by atoms with Crippen molar-refractivity contribution < 1.29 is 9.90 Å². The normalized spacial score (nSPS) is 25.5. The fourth-order valence-electron chi connectivity index (χ4n) is 1.91. The summed E-state index contributed by atoms with van der Waals surface area (Å²) in [6.45, 7) is 3.17. The van der Waals surface area contributed by atoms with Gasteiger partial charge in [-0.25, -0.2) is 0 Å². The van der Waals surface area contributed by atoms with Crippen LogP contribution in [0.1, 0.15) is 23.7 Å². The van der Waals surface area contributed by atoms with Crippen LogP contribution in [-0.2, 0) is 0 Å². The molecular weight excluding hydrogens is 204 g/mol. The minimum absolute atomic E-state index is 0.0200. The highest BCUT2D eigenvalue weighted by molar-refractivity contribution is 5.94. The molecule has 1 saturated heterocycles. The number of aliphatic hydroxyl groups is 1. The van der Waals surface area contributed by atoms with E-state index in [1.54, 1.807) is 29.4 Å². The van der Waals surface area contributed by atoms with Crippen LogP contribution in [0.5, 0.6) is 0 Å². The molecular formula is C12H16N2O2. The van der Waals surface area contributed by atoms with E-state index in [2.05, 4.69) is 4.98 Å². The minimum Gasteiger partial charge on any atom is -0.391 e. The quantitative estimate of drug-likeness (QED) is 0.765. The zero-order chi connectivity index (χ0) is 11.5. The van der Waals surface area contributed by atoms with E-state index in [9.17, 15) is 9.90 Å². The highest BCUT2D eigenvalue weighted by Crippen LogP contribution is 2.18. The summed E-state index contributed by atoms with van der Waals surface area (Å²) in [7, 11) is 0. The first kappa shape index (κ1) is 11.1. The maximum atomic E-state index is 12.0. The molecule has 0 spiro atoms. The Balaban J connectivity index is 2.06. The van der Waals surface area contributed by atoms with Crippen LogP contribution in [0.2, 0.25) is 0 Å². The predicted octanol–water partition coefficient (Wildman–Crippen LogP) is 0.924. The molecule has 1 aliphatic heterocycles. The monoisotopic (exact) mass is 220 g/mol. The summed E-state index contributed by atoms with van der Waals surface area (Å²) in [5, 5.41) is 9.74. The number of aliphatic hydroxyl groups excluding tert-OH is 1. The number of amides is 1. The lowest BCUT2D eigenvalue weighted by atomic mass is 9.95. The van der Waals surface area contributed by atoms with E-state index in [1.807, 2.05) is 6.92 Å². The van der Waals surface area contributed by atoms with Crippen molar-refractivity contribution in [3.05, 3.63) is 30.1 Å². The molecule has 2 heterocycles. The standard InChI is InChI=1S/C12H16N2O2/c1-9-4-7-14(8-11(9)15)12(16)10-2-5-13-6-3-10/h2-3,5-6,9,11,15H,4,7-8H2,1H3. The first-order valence-corrected chi connectivity index (χ1v) is 5.56. The first-order valence-electron chi connectivity index (χ1n) is 5.56. The molecule has 2 atom stereocenters. The summed E-state index contributed by atoms with van der Waals surface area (Å²) in [5.74, 6) is 0.259. The average molecular weight is 220 g/mol. The van der Waals surface area contributed by atoms with Gasteiger partial charge in [-0.05, 0) is 24.5 Å². The van der Waals surface area contributed by atoms with Crippen LogP contribution in [0.4, 0.5) is 0 Å². The second-order valence-electron chi connectivity index (χ2n) is 4.32. The van der Waals surface area contributed by atoms with Crippen molar-refractivity contribution in [3.63, 3.8) is 0 Å². The van der Waals surface area contributed by atoms with Gasteiger partial charge in [0.05, 0.1) is 6.10 Å². The zero-order valence-corrected chi connectivity index (χ0v) is 9.34. The van der Waals surface area contributed by atoms with Crippen molar-refractivity contribution in [2.24, 2.45) is 5.92 Å². The van der Waals surface area contributed by atoms with Gasteiger partial charge < -0.3 is 10.0 Å². The predicted molar refractivity (Wildman–Crippen MR) is 59.9 cm³/mol. The Bertz CT molecular complexity index is 367. The van der Waals surface area contributed by atoms with E-state index in [4.69, 9.17) is 0 Å². The van der Waals surface area contributed by atoms with Crippen molar-refractivity contribution in [2.45, 2.75) is 19.4 Å². The number of carbonyl (C=O) groups is 1. The second kappa shape index (κ2) is 4.61. The lowest BCUT2D eigenvalue weighted by Crippen LogP contribution is -2.45. The molecule has 0 aromatic carbocycles. The number of pyridine rings is 1. The van der Waals surface area contributed by atoms with E-state index in [-0.39, 0.29) is 11.8 Å². The number of rotatable bonds is 1. The van der Waals surface area contributed by atoms with Crippen LogP contribution in [-0.4, -0.2) is 40.1 Å². The van der Waals surface area contributed by atoms with Crippen molar-refractivity contribution in [1.82, 2.24) is 9.88 Å². The number of hydrogen-bond donors (Lipinski definition) is 1. The van der Waals surface area contributed by atoms with Crippen molar-refractivity contribution >= 4 is 5.91 Å². The van der Waals surface area contributed by atoms with Gasteiger partial charge in [0.15, 0.2) is 0 Å². The topological polar surface area (TPSA) is 53.4 Å². The fraction of sp³-hybridized carbons (Fsp3) is 0.500. The van der Waals surface area contributed by atoms with Gasteiger partial charge in [0, 0.05) is 31.0 Å². The zero-order valence-electron chi connectivity index (χ0n) is 9.34. The van der Waals surface area contributed by atoms with E-state index in [1.165, 1.54) is 0 Å². The number of β-amino-alcohol motifs (C(OH)–C–C–N with tert-alkyl or cyclic N) is 1. The van der Waals surface area contributed by atoms with Crippen molar-refractivity contribution in [1.29, 1.82) is 0 Å². The highest BCUT2D eigenvalue weighted by Gasteiger charge is 2.27. The van der Waals surface area contributed by atoms with Gasteiger partial charge in [-0.3, -0.25) is 9.78 Å².